The van der Waals surface area contributed by atoms with E-state index in [1.165, 1.54) is 4.88 Å². The Morgan fingerprint density at radius 1 is 1.22 bits per heavy atom. The first-order valence-corrected chi connectivity index (χ1v) is 10.1. The van der Waals surface area contributed by atoms with Crippen molar-refractivity contribution in [3.8, 4) is 0 Å². The van der Waals surface area contributed by atoms with E-state index in [1.807, 2.05) is 18.3 Å². The van der Waals surface area contributed by atoms with E-state index in [9.17, 15) is 8.42 Å². The Hall–Kier alpha value is -1.24. The molecule has 0 radical (unpaired) electrons. The van der Waals surface area contributed by atoms with Crippen LogP contribution >= 0.6 is 11.3 Å². The molecule has 0 amide bonds. The van der Waals surface area contributed by atoms with Gasteiger partial charge in [-0.25, -0.2) is 18.5 Å². The largest absolute Gasteiger partial charge is 0.249 e. The molecular formula is C17H22N2O2S2. The number of sulfonamides is 1. The highest BCUT2D eigenvalue weighted by molar-refractivity contribution is 7.89. The molecule has 2 aromatic rings. The van der Waals surface area contributed by atoms with Crippen molar-refractivity contribution in [2.75, 3.05) is 0 Å². The third-order valence-electron chi connectivity index (χ3n) is 4.76. The molecule has 1 aliphatic rings. The molecule has 1 fully saturated rings. The lowest BCUT2D eigenvalue weighted by Crippen LogP contribution is -2.14. The minimum atomic E-state index is -3.72. The van der Waals surface area contributed by atoms with E-state index in [1.54, 1.807) is 23.5 Å². The standard InChI is InChI=1S/C17H22N2O2S2/c1-10(2)12-9-19-16(22-12)15-14(17(15,3)4)11-7-5-6-8-13(11)23(18,20)21/h5-10,14-15H,1-4H3,(H2,18,20,21)/t14-,15+/m0/s1. The van der Waals surface area contributed by atoms with Crippen LogP contribution < -0.4 is 5.14 Å². The maximum atomic E-state index is 11.9. The summed E-state index contributed by atoms with van der Waals surface area (Å²) in [4.78, 5) is 6.10. The van der Waals surface area contributed by atoms with Gasteiger partial charge in [0.25, 0.3) is 0 Å². The summed E-state index contributed by atoms with van der Waals surface area (Å²) in [5.41, 5.74) is 0.790. The summed E-state index contributed by atoms with van der Waals surface area (Å²) in [5, 5.41) is 6.49. The predicted molar refractivity (Wildman–Crippen MR) is 93.3 cm³/mol. The van der Waals surface area contributed by atoms with Gasteiger partial charge < -0.3 is 0 Å². The molecule has 0 saturated heterocycles. The van der Waals surface area contributed by atoms with Crippen molar-refractivity contribution in [3.63, 3.8) is 0 Å². The summed E-state index contributed by atoms with van der Waals surface area (Å²) in [6, 6.07) is 7.06. The quantitative estimate of drug-likeness (QED) is 0.911. The topological polar surface area (TPSA) is 73.0 Å². The molecule has 1 saturated carbocycles. The van der Waals surface area contributed by atoms with Gasteiger partial charge in [-0.2, -0.15) is 0 Å². The van der Waals surface area contributed by atoms with E-state index < -0.39 is 10.0 Å². The predicted octanol–water partition coefficient (Wildman–Crippen LogP) is 3.82. The van der Waals surface area contributed by atoms with Gasteiger partial charge in [0.1, 0.15) is 0 Å². The van der Waals surface area contributed by atoms with Crippen LogP contribution in [0.1, 0.15) is 60.9 Å². The molecule has 6 heteroatoms. The highest BCUT2D eigenvalue weighted by Crippen LogP contribution is 2.70. The maximum absolute atomic E-state index is 11.9. The van der Waals surface area contributed by atoms with Crippen LogP contribution in [-0.2, 0) is 10.0 Å². The molecule has 0 aliphatic heterocycles. The molecule has 0 unspecified atom stereocenters. The average molecular weight is 351 g/mol. The molecule has 2 N–H and O–H groups in total. The van der Waals surface area contributed by atoms with Crippen LogP contribution in [0.15, 0.2) is 35.4 Å². The van der Waals surface area contributed by atoms with Crippen molar-refractivity contribution in [2.45, 2.75) is 50.3 Å². The van der Waals surface area contributed by atoms with E-state index in [4.69, 9.17) is 5.14 Å². The molecule has 1 aromatic heterocycles. The zero-order valence-corrected chi connectivity index (χ0v) is 15.4. The van der Waals surface area contributed by atoms with Gasteiger partial charge >= 0.3 is 0 Å². The second-order valence-electron chi connectivity index (χ2n) is 7.12. The molecule has 1 aromatic carbocycles. The van der Waals surface area contributed by atoms with Gasteiger partial charge in [-0.3, -0.25) is 0 Å². The number of aromatic nitrogens is 1. The van der Waals surface area contributed by atoms with E-state index in [2.05, 4.69) is 32.7 Å². The smallest absolute Gasteiger partial charge is 0.238 e. The molecule has 2 atom stereocenters. The second-order valence-corrected chi connectivity index (χ2v) is 9.74. The highest BCUT2D eigenvalue weighted by Gasteiger charge is 2.61. The number of rotatable bonds is 4. The van der Waals surface area contributed by atoms with Gasteiger partial charge in [0.05, 0.1) is 9.90 Å². The Bertz CT molecular complexity index is 838. The fourth-order valence-corrected chi connectivity index (χ4v) is 5.43. The number of hydrogen-bond donors (Lipinski definition) is 1. The molecule has 23 heavy (non-hydrogen) atoms. The fourth-order valence-electron chi connectivity index (χ4n) is 3.39. The second kappa shape index (κ2) is 5.40. The van der Waals surface area contributed by atoms with E-state index >= 15 is 0 Å². The van der Waals surface area contributed by atoms with Crippen LogP contribution in [0.4, 0.5) is 0 Å². The van der Waals surface area contributed by atoms with Crippen LogP contribution in [0.2, 0.25) is 0 Å². The molecule has 0 spiro atoms. The minimum Gasteiger partial charge on any atom is -0.249 e. The summed E-state index contributed by atoms with van der Waals surface area (Å²) in [6.07, 6.45) is 1.95. The maximum Gasteiger partial charge on any atom is 0.238 e. The third kappa shape index (κ3) is 2.84. The van der Waals surface area contributed by atoms with E-state index in [-0.39, 0.29) is 22.1 Å². The lowest BCUT2D eigenvalue weighted by molar-refractivity contribution is 0.588. The van der Waals surface area contributed by atoms with Crippen molar-refractivity contribution in [1.82, 2.24) is 4.98 Å². The van der Waals surface area contributed by atoms with Crippen molar-refractivity contribution in [3.05, 3.63) is 45.9 Å². The van der Waals surface area contributed by atoms with Gasteiger partial charge in [-0.1, -0.05) is 45.9 Å². The van der Waals surface area contributed by atoms with Crippen molar-refractivity contribution >= 4 is 21.4 Å². The summed E-state index contributed by atoms with van der Waals surface area (Å²) >= 11 is 1.73. The fraction of sp³-hybridized carbons (Fsp3) is 0.471. The molecule has 0 bridgehead atoms. The third-order valence-corrected chi connectivity index (χ3v) is 7.13. The SMILES string of the molecule is CC(C)c1cnc([C@H]2[C@H](c3ccccc3S(N)(=O)=O)C2(C)C)s1. The lowest BCUT2D eigenvalue weighted by Gasteiger charge is -2.08. The van der Waals surface area contributed by atoms with Gasteiger partial charge in [-0.15, -0.1) is 11.3 Å². The Balaban J connectivity index is 2.02. The van der Waals surface area contributed by atoms with Gasteiger partial charge in [0, 0.05) is 22.9 Å². The number of nitrogens with zero attached hydrogens (tertiary/aromatic N) is 1. The molecule has 1 aliphatic carbocycles. The number of primary sulfonamides is 1. The Morgan fingerprint density at radius 3 is 2.43 bits per heavy atom. The zero-order valence-electron chi connectivity index (χ0n) is 13.8. The zero-order chi connectivity index (χ0) is 17.0. The number of thiazole rings is 1. The molecular weight excluding hydrogens is 328 g/mol. The van der Waals surface area contributed by atoms with Crippen molar-refractivity contribution < 1.29 is 8.42 Å². The van der Waals surface area contributed by atoms with Crippen molar-refractivity contribution in [1.29, 1.82) is 0 Å². The highest BCUT2D eigenvalue weighted by atomic mass is 32.2. The van der Waals surface area contributed by atoms with Gasteiger partial charge in [0.2, 0.25) is 10.0 Å². The average Bonchev–Trinajstić information content (AvgIpc) is 2.84. The lowest BCUT2D eigenvalue weighted by atomic mass is 10.0. The minimum absolute atomic E-state index is 0.0209. The van der Waals surface area contributed by atoms with E-state index in [0.717, 1.165) is 10.6 Å². The summed E-state index contributed by atoms with van der Waals surface area (Å²) in [7, 11) is -3.72. The van der Waals surface area contributed by atoms with Crippen LogP contribution in [0.5, 0.6) is 0 Å². The van der Waals surface area contributed by atoms with Crippen molar-refractivity contribution in [2.24, 2.45) is 10.6 Å². The number of nitrogens with two attached hydrogens (primary N) is 1. The molecule has 4 nitrogen and oxygen atoms in total. The number of benzene rings is 1. The van der Waals surface area contributed by atoms with Gasteiger partial charge in [0.15, 0.2) is 0 Å². The Kier molecular flexibility index (Phi) is 3.90. The first-order chi connectivity index (χ1) is 10.6. The summed E-state index contributed by atoms with van der Waals surface area (Å²) < 4.78 is 23.8. The monoisotopic (exact) mass is 350 g/mol. The van der Waals surface area contributed by atoms with Crippen LogP contribution in [0.25, 0.3) is 0 Å². The van der Waals surface area contributed by atoms with Crippen LogP contribution in [-0.4, -0.2) is 13.4 Å². The Morgan fingerprint density at radius 2 is 1.87 bits per heavy atom. The normalized spacial score (nSPS) is 23.2. The summed E-state index contributed by atoms with van der Waals surface area (Å²) in [5.74, 6) is 0.823. The first-order valence-electron chi connectivity index (χ1n) is 7.71. The molecule has 3 rings (SSSR count). The number of hydrogen-bond acceptors (Lipinski definition) is 4. The van der Waals surface area contributed by atoms with Gasteiger partial charge in [-0.05, 0) is 23.0 Å². The Labute approximate surface area is 141 Å². The van der Waals surface area contributed by atoms with Crippen LogP contribution in [0.3, 0.4) is 0 Å². The van der Waals surface area contributed by atoms with E-state index in [0.29, 0.717) is 5.92 Å². The molecule has 1 heterocycles. The summed E-state index contributed by atoms with van der Waals surface area (Å²) in [6.45, 7) is 8.64. The first kappa shape index (κ1) is 16.6. The van der Waals surface area contributed by atoms with Crippen LogP contribution in [0, 0.1) is 5.41 Å². The molecule has 124 valence electrons.